The van der Waals surface area contributed by atoms with Gasteiger partial charge in [-0.2, -0.15) is 0 Å². The van der Waals surface area contributed by atoms with Crippen molar-refractivity contribution in [1.29, 1.82) is 0 Å². The maximum atomic E-state index is 5.38. The maximum Gasteiger partial charge on any atom is 0.193 e. The number of likely N-dealkylation sites (N-methyl/N-ethyl adjacent to an activating group) is 1. The number of benzene rings is 1. The predicted molar refractivity (Wildman–Crippen MR) is 109 cm³/mol. The van der Waals surface area contributed by atoms with Crippen molar-refractivity contribution >= 4 is 22.3 Å². The standard InChI is InChI=1S/C19H25N5O2S/c1-20-18(21-12-15-13-24-9-10-27-19(24)22-15)23(2)8-7-14-5-6-16(25-3)17(11-14)26-4/h5-6,9-11,13H,7-8,12H2,1-4H3,(H,20,21). The van der Waals surface area contributed by atoms with Crippen molar-refractivity contribution in [1.82, 2.24) is 19.6 Å². The fourth-order valence-electron chi connectivity index (χ4n) is 2.85. The molecule has 0 fully saturated rings. The van der Waals surface area contributed by atoms with Gasteiger partial charge in [-0.25, -0.2) is 4.98 Å². The number of nitrogens with one attached hydrogen (secondary N) is 1. The first-order valence-corrected chi connectivity index (χ1v) is 9.56. The molecule has 0 amide bonds. The molecule has 0 saturated carbocycles. The van der Waals surface area contributed by atoms with Crippen LogP contribution in [0.1, 0.15) is 11.3 Å². The molecule has 0 atom stereocenters. The average molecular weight is 388 g/mol. The molecule has 0 aliphatic heterocycles. The lowest BCUT2D eigenvalue weighted by atomic mass is 10.1. The van der Waals surface area contributed by atoms with Crippen LogP contribution >= 0.6 is 11.3 Å². The van der Waals surface area contributed by atoms with Crippen LogP contribution in [-0.2, 0) is 13.0 Å². The molecule has 7 nitrogen and oxygen atoms in total. The van der Waals surface area contributed by atoms with E-state index >= 15 is 0 Å². The van der Waals surface area contributed by atoms with Gasteiger partial charge in [0.1, 0.15) is 0 Å². The normalized spacial score (nSPS) is 11.6. The van der Waals surface area contributed by atoms with E-state index in [0.717, 1.165) is 41.1 Å². The monoisotopic (exact) mass is 387 g/mol. The van der Waals surface area contributed by atoms with Crippen molar-refractivity contribution in [2.75, 3.05) is 34.9 Å². The largest absolute Gasteiger partial charge is 0.493 e. The highest BCUT2D eigenvalue weighted by atomic mass is 32.1. The topological polar surface area (TPSA) is 63.4 Å². The Morgan fingerprint density at radius 2 is 2.11 bits per heavy atom. The fraction of sp³-hybridized carbons (Fsp3) is 0.368. The molecule has 1 aromatic carbocycles. The number of fused-ring (bicyclic) bond motifs is 1. The molecular weight excluding hydrogens is 362 g/mol. The van der Waals surface area contributed by atoms with Crippen LogP contribution in [0, 0.1) is 0 Å². The van der Waals surface area contributed by atoms with Gasteiger partial charge in [0.05, 0.1) is 26.5 Å². The molecule has 0 saturated heterocycles. The molecule has 0 aliphatic carbocycles. The molecule has 8 heteroatoms. The van der Waals surface area contributed by atoms with Crippen LogP contribution in [-0.4, -0.2) is 55.1 Å². The highest BCUT2D eigenvalue weighted by Crippen LogP contribution is 2.27. The minimum absolute atomic E-state index is 0.641. The number of hydrogen-bond acceptors (Lipinski definition) is 5. The van der Waals surface area contributed by atoms with E-state index in [1.165, 1.54) is 5.56 Å². The molecule has 144 valence electrons. The maximum absolute atomic E-state index is 5.38. The number of methoxy groups -OCH3 is 2. The van der Waals surface area contributed by atoms with Gasteiger partial charge >= 0.3 is 0 Å². The Balaban J connectivity index is 1.55. The van der Waals surface area contributed by atoms with Crippen LogP contribution in [0.2, 0.25) is 0 Å². The third-order valence-corrected chi connectivity index (χ3v) is 5.10. The fourth-order valence-corrected chi connectivity index (χ4v) is 3.57. The third kappa shape index (κ3) is 4.51. The summed E-state index contributed by atoms with van der Waals surface area (Å²) in [5.41, 5.74) is 2.18. The van der Waals surface area contributed by atoms with E-state index in [4.69, 9.17) is 9.47 Å². The lowest BCUT2D eigenvalue weighted by Gasteiger charge is -2.22. The summed E-state index contributed by atoms with van der Waals surface area (Å²) in [4.78, 5) is 12.1. The SMILES string of the molecule is CN=C(NCc1cn2ccsc2n1)N(C)CCc1ccc(OC)c(OC)c1. The first-order chi connectivity index (χ1) is 13.1. The summed E-state index contributed by atoms with van der Waals surface area (Å²) in [5.74, 6) is 2.33. The molecular formula is C19H25N5O2S. The number of ether oxygens (including phenoxy) is 2. The van der Waals surface area contributed by atoms with Crippen molar-refractivity contribution in [3.8, 4) is 11.5 Å². The molecule has 0 spiro atoms. The molecule has 27 heavy (non-hydrogen) atoms. The van der Waals surface area contributed by atoms with Gasteiger partial charge in [0, 0.05) is 38.4 Å². The van der Waals surface area contributed by atoms with Gasteiger partial charge in [0.2, 0.25) is 0 Å². The molecule has 0 radical (unpaired) electrons. The smallest absolute Gasteiger partial charge is 0.193 e. The van der Waals surface area contributed by atoms with Gasteiger partial charge in [-0.1, -0.05) is 6.07 Å². The van der Waals surface area contributed by atoms with Crippen molar-refractivity contribution in [3.63, 3.8) is 0 Å². The van der Waals surface area contributed by atoms with Gasteiger partial charge in [0.25, 0.3) is 0 Å². The summed E-state index contributed by atoms with van der Waals surface area (Å²) in [6.07, 6.45) is 4.92. The van der Waals surface area contributed by atoms with Crippen molar-refractivity contribution < 1.29 is 9.47 Å². The number of aliphatic imine (C=N–C) groups is 1. The number of imidazole rings is 1. The second kappa shape index (κ2) is 8.77. The second-order valence-corrected chi connectivity index (χ2v) is 6.96. The summed E-state index contributed by atoms with van der Waals surface area (Å²) < 4.78 is 12.7. The zero-order chi connectivity index (χ0) is 19.2. The lowest BCUT2D eigenvalue weighted by molar-refractivity contribution is 0.354. The number of guanidine groups is 1. The van der Waals surface area contributed by atoms with Gasteiger partial charge in [-0.15, -0.1) is 11.3 Å². The van der Waals surface area contributed by atoms with Crippen molar-refractivity contribution in [3.05, 3.63) is 47.2 Å². The van der Waals surface area contributed by atoms with Gasteiger partial charge in [-0.05, 0) is 24.1 Å². The van der Waals surface area contributed by atoms with E-state index < -0.39 is 0 Å². The Bertz CT molecular complexity index is 889. The molecule has 2 heterocycles. The van der Waals surface area contributed by atoms with Gasteiger partial charge < -0.3 is 19.7 Å². The number of nitrogens with zero attached hydrogens (tertiary/aromatic N) is 4. The third-order valence-electron chi connectivity index (χ3n) is 4.33. The predicted octanol–water partition coefficient (Wildman–Crippen LogP) is 2.66. The van der Waals surface area contributed by atoms with E-state index in [1.807, 2.05) is 41.4 Å². The van der Waals surface area contributed by atoms with Gasteiger partial charge in [-0.3, -0.25) is 9.39 Å². The summed E-state index contributed by atoms with van der Waals surface area (Å²) in [6, 6.07) is 6.01. The van der Waals surface area contributed by atoms with Crippen LogP contribution in [0.3, 0.4) is 0 Å². The first-order valence-electron chi connectivity index (χ1n) is 8.68. The number of hydrogen-bond donors (Lipinski definition) is 1. The average Bonchev–Trinajstić information content (AvgIpc) is 3.28. The Hall–Kier alpha value is -2.74. The molecule has 3 aromatic rings. The summed E-state index contributed by atoms with van der Waals surface area (Å²) in [7, 11) is 7.12. The lowest BCUT2D eigenvalue weighted by Crippen LogP contribution is -2.39. The first kappa shape index (κ1) is 19.0. The number of aromatic nitrogens is 2. The highest BCUT2D eigenvalue weighted by Gasteiger charge is 2.10. The van der Waals surface area contributed by atoms with E-state index in [9.17, 15) is 0 Å². The van der Waals surface area contributed by atoms with E-state index in [2.05, 4.69) is 26.3 Å². The van der Waals surface area contributed by atoms with E-state index in [-0.39, 0.29) is 0 Å². The Kier molecular flexibility index (Phi) is 6.18. The Labute approximate surface area is 163 Å². The van der Waals surface area contributed by atoms with Crippen LogP contribution in [0.15, 0.2) is 41.0 Å². The second-order valence-electron chi connectivity index (χ2n) is 6.09. The molecule has 0 aliphatic rings. The Morgan fingerprint density at radius 3 is 2.81 bits per heavy atom. The molecule has 0 unspecified atom stereocenters. The minimum atomic E-state index is 0.641. The van der Waals surface area contributed by atoms with Crippen LogP contribution in [0.4, 0.5) is 0 Å². The molecule has 2 aromatic heterocycles. The molecule has 1 N–H and O–H groups in total. The number of thiazole rings is 1. The number of rotatable bonds is 7. The van der Waals surface area contributed by atoms with E-state index in [1.54, 1.807) is 32.6 Å². The minimum Gasteiger partial charge on any atom is -0.493 e. The summed E-state index contributed by atoms with van der Waals surface area (Å²) >= 11 is 1.63. The summed E-state index contributed by atoms with van der Waals surface area (Å²) in [6.45, 7) is 1.47. The molecule has 3 rings (SSSR count). The van der Waals surface area contributed by atoms with Crippen molar-refractivity contribution in [2.45, 2.75) is 13.0 Å². The van der Waals surface area contributed by atoms with Crippen molar-refractivity contribution in [2.24, 2.45) is 4.99 Å². The van der Waals surface area contributed by atoms with Crippen LogP contribution in [0.25, 0.3) is 4.96 Å². The zero-order valence-corrected chi connectivity index (χ0v) is 16.9. The van der Waals surface area contributed by atoms with Crippen LogP contribution in [0.5, 0.6) is 11.5 Å². The Morgan fingerprint density at radius 1 is 1.30 bits per heavy atom. The molecule has 0 bridgehead atoms. The summed E-state index contributed by atoms with van der Waals surface area (Å²) in [5, 5.41) is 5.40. The zero-order valence-electron chi connectivity index (χ0n) is 16.1. The van der Waals surface area contributed by atoms with Crippen LogP contribution < -0.4 is 14.8 Å². The van der Waals surface area contributed by atoms with Gasteiger partial charge in [0.15, 0.2) is 22.4 Å². The van der Waals surface area contributed by atoms with E-state index in [0.29, 0.717) is 6.54 Å². The highest BCUT2D eigenvalue weighted by molar-refractivity contribution is 7.15. The quantitative estimate of drug-likeness (QED) is 0.499.